The van der Waals surface area contributed by atoms with Crippen molar-refractivity contribution in [2.45, 2.75) is 38.6 Å². The molecule has 0 spiro atoms. The van der Waals surface area contributed by atoms with Crippen LogP contribution in [0.25, 0.3) is 0 Å². The maximum absolute atomic E-state index is 11.3. The Kier molecular flexibility index (Phi) is 4.65. The van der Waals surface area contributed by atoms with Gasteiger partial charge in [0.2, 0.25) is 0 Å². The van der Waals surface area contributed by atoms with Crippen LogP contribution in [0.5, 0.6) is 0 Å². The Balaban J connectivity index is 2.14. The minimum absolute atomic E-state index is 0.144. The Bertz CT molecular complexity index is 477. The molecule has 112 valence electrons. The number of aromatic carboxylic acids is 1. The molecule has 0 aromatic carbocycles. The molecule has 0 bridgehead atoms. The fourth-order valence-corrected chi connectivity index (χ4v) is 3.68. The fraction of sp³-hybridized carbons (Fsp3) is 0.714. The minimum Gasteiger partial charge on any atom is -0.477 e. The fourth-order valence-electron chi connectivity index (χ4n) is 2.57. The van der Waals surface area contributed by atoms with E-state index in [1.807, 2.05) is 13.8 Å². The first kappa shape index (κ1) is 15.3. The first-order valence-corrected chi connectivity index (χ1v) is 7.87. The largest absolute Gasteiger partial charge is 0.477 e. The predicted molar refractivity (Wildman–Crippen MR) is 82.1 cm³/mol. The van der Waals surface area contributed by atoms with Crippen molar-refractivity contribution in [3.8, 4) is 0 Å². The van der Waals surface area contributed by atoms with Crippen molar-refractivity contribution in [1.82, 2.24) is 9.88 Å². The lowest BCUT2D eigenvalue weighted by Crippen LogP contribution is -2.41. The van der Waals surface area contributed by atoms with Gasteiger partial charge in [-0.1, -0.05) is 25.2 Å². The van der Waals surface area contributed by atoms with E-state index in [-0.39, 0.29) is 5.92 Å². The van der Waals surface area contributed by atoms with Crippen LogP contribution in [-0.4, -0.2) is 54.2 Å². The molecule has 0 amide bonds. The molecule has 1 N–H and O–H groups in total. The molecule has 1 aromatic rings. The lowest BCUT2D eigenvalue weighted by atomic mass is 10.0. The number of hydrogen-bond acceptors (Lipinski definition) is 5. The number of carbonyl (C=O) groups is 1. The second kappa shape index (κ2) is 6.10. The van der Waals surface area contributed by atoms with Crippen LogP contribution in [0.1, 0.15) is 48.0 Å². The Morgan fingerprint density at radius 1 is 1.40 bits per heavy atom. The monoisotopic (exact) mass is 297 g/mol. The zero-order valence-corrected chi connectivity index (χ0v) is 13.4. The number of nitrogens with zero attached hydrogens (tertiary/aromatic N) is 3. The van der Waals surface area contributed by atoms with Gasteiger partial charge in [-0.05, 0) is 32.9 Å². The molecular formula is C14H23N3O2S. The Labute approximate surface area is 124 Å². The predicted octanol–water partition coefficient (Wildman–Crippen LogP) is 2.50. The molecule has 1 aromatic heterocycles. The molecule has 1 fully saturated rings. The standard InChI is InChI=1S/C14H23N3O2S/c1-9(2)11-12(13(18)19)20-14(15-11)17-7-5-10(6-8-17)16(3)4/h9-10H,5-8H2,1-4H3,(H,18,19). The molecule has 0 atom stereocenters. The normalized spacial score (nSPS) is 17.2. The maximum Gasteiger partial charge on any atom is 0.347 e. The molecule has 2 heterocycles. The Hall–Kier alpha value is -1.14. The van der Waals surface area contributed by atoms with Crippen LogP contribution in [0.3, 0.4) is 0 Å². The molecule has 1 aliphatic rings. The number of anilines is 1. The lowest BCUT2D eigenvalue weighted by Gasteiger charge is -2.35. The molecule has 20 heavy (non-hydrogen) atoms. The molecule has 0 radical (unpaired) electrons. The second-order valence-corrected chi connectivity index (χ2v) is 6.83. The summed E-state index contributed by atoms with van der Waals surface area (Å²) in [4.78, 5) is 20.8. The van der Waals surface area contributed by atoms with Gasteiger partial charge in [-0.15, -0.1) is 0 Å². The van der Waals surface area contributed by atoms with Crippen molar-refractivity contribution in [1.29, 1.82) is 0 Å². The van der Waals surface area contributed by atoms with E-state index in [4.69, 9.17) is 0 Å². The van der Waals surface area contributed by atoms with Crippen molar-refractivity contribution >= 4 is 22.4 Å². The van der Waals surface area contributed by atoms with Crippen LogP contribution in [0.2, 0.25) is 0 Å². The summed E-state index contributed by atoms with van der Waals surface area (Å²) in [5.74, 6) is -0.717. The Morgan fingerprint density at radius 2 is 2.00 bits per heavy atom. The quantitative estimate of drug-likeness (QED) is 0.925. The lowest BCUT2D eigenvalue weighted by molar-refractivity contribution is 0.0700. The highest BCUT2D eigenvalue weighted by Crippen LogP contribution is 2.32. The van der Waals surface area contributed by atoms with Crippen LogP contribution in [-0.2, 0) is 0 Å². The zero-order valence-electron chi connectivity index (χ0n) is 12.6. The number of hydrogen-bond donors (Lipinski definition) is 1. The number of rotatable bonds is 4. The van der Waals surface area contributed by atoms with E-state index in [0.717, 1.165) is 31.1 Å². The van der Waals surface area contributed by atoms with E-state index in [1.165, 1.54) is 11.3 Å². The van der Waals surface area contributed by atoms with Crippen LogP contribution in [0, 0.1) is 0 Å². The minimum atomic E-state index is -0.861. The van der Waals surface area contributed by atoms with Gasteiger partial charge in [0.1, 0.15) is 4.88 Å². The van der Waals surface area contributed by atoms with Crippen LogP contribution < -0.4 is 4.90 Å². The molecule has 0 saturated carbocycles. The average Bonchev–Trinajstić information content (AvgIpc) is 2.84. The van der Waals surface area contributed by atoms with Gasteiger partial charge in [0.15, 0.2) is 5.13 Å². The number of carboxylic acid groups (broad SMARTS) is 1. The highest BCUT2D eigenvalue weighted by atomic mass is 32.1. The van der Waals surface area contributed by atoms with Crippen molar-refractivity contribution < 1.29 is 9.90 Å². The van der Waals surface area contributed by atoms with Crippen molar-refractivity contribution in [3.05, 3.63) is 10.6 Å². The molecule has 0 aliphatic carbocycles. The molecule has 5 nitrogen and oxygen atoms in total. The van der Waals surface area contributed by atoms with Gasteiger partial charge in [-0.2, -0.15) is 0 Å². The average molecular weight is 297 g/mol. The van der Waals surface area contributed by atoms with Gasteiger partial charge in [0, 0.05) is 19.1 Å². The smallest absolute Gasteiger partial charge is 0.347 e. The molecule has 2 rings (SSSR count). The molecular weight excluding hydrogens is 274 g/mol. The number of carboxylic acids is 1. The Morgan fingerprint density at radius 3 is 2.40 bits per heavy atom. The summed E-state index contributed by atoms with van der Waals surface area (Å²) in [6, 6.07) is 0.620. The zero-order chi connectivity index (χ0) is 14.9. The van der Waals surface area contributed by atoms with Crippen molar-refractivity contribution in [2.75, 3.05) is 32.1 Å². The summed E-state index contributed by atoms with van der Waals surface area (Å²) in [5.41, 5.74) is 0.715. The number of aromatic nitrogens is 1. The summed E-state index contributed by atoms with van der Waals surface area (Å²) in [5, 5.41) is 10.2. The van der Waals surface area contributed by atoms with Gasteiger partial charge in [-0.3, -0.25) is 0 Å². The molecule has 6 heteroatoms. The van der Waals surface area contributed by atoms with E-state index < -0.39 is 5.97 Å². The summed E-state index contributed by atoms with van der Waals surface area (Å²) in [6.45, 7) is 5.88. The van der Waals surface area contributed by atoms with E-state index in [0.29, 0.717) is 16.6 Å². The summed E-state index contributed by atoms with van der Waals surface area (Å²) in [7, 11) is 4.23. The van der Waals surface area contributed by atoms with Crippen LogP contribution in [0.15, 0.2) is 0 Å². The van der Waals surface area contributed by atoms with Gasteiger partial charge >= 0.3 is 5.97 Å². The highest BCUT2D eigenvalue weighted by molar-refractivity contribution is 7.17. The van der Waals surface area contributed by atoms with Gasteiger partial charge < -0.3 is 14.9 Å². The van der Waals surface area contributed by atoms with E-state index in [9.17, 15) is 9.90 Å². The maximum atomic E-state index is 11.3. The molecule has 1 saturated heterocycles. The molecule has 0 unspecified atom stereocenters. The number of thiazole rings is 1. The van der Waals surface area contributed by atoms with E-state index in [1.54, 1.807) is 0 Å². The first-order chi connectivity index (χ1) is 9.40. The van der Waals surface area contributed by atoms with Crippen LogP contribution in [0.4, 0.5) is 5.13 Å². The summed E-state index contributed by atoms with van der Waals surface area (Å²) in [6.07, 6.45) is 2.21. The first-order valence-electron chi connectivity index (χ1n) is 7.05. The van der Waals surface area contributed by atoms with Gasteiger partial charge in [0.05, 0.1) is 5.69 Å². The number of piperidine rings is 1. The van der Waals surface area contributed by atoms with Gasteiger partial charge in [0.25, 0.3) is 0 Å². The van der Waals surface area contributed by atoms with Gasteiger partial charge in [-0.25, -0.2) is 9.78 Å². The van der Waals surface area contributed by atoms with E-state index >= 15 is 0 Å². The SMILES string of the molecule is CC(C)c1nc(N2CCC(N(C)C)CC2)sc1C(=O)O. The topological polar surface area (TPSA) is 56.7 Å². The van der Waals surface area contributed by atoms with Crippen molar-refractivity contribution in [2.24, 2.45) is 0 Å². The van der Waals surface area contributed by atoms with Crippen molar-refractivity contribution in [3.63, 3.8) is 0 Å². The molecule has 1 aliphatic heterocycles. The summed E-state index contributed by atoms with van der Waals surface area (Å²) < 4.78 is 0. The second-order valence-electron chi connectivity index (χ2n) is 5.85. The van der Waals surface area contributed by atoms with Crippen LogP contribution >= 0.6 is 11.3 Å². The highest BCUT2D eigenvalue weighted by Gasteiger charge is 2.26. The third-order valence-corrected chi connectivity index (χ3v) is 4.97. The van der Waals surface area contributed by atoms with E-state index in [2.05, 4.69) is 28.9 Å². The third kappa shape index (κ3) is 3.12. The summed E-state index contributed by atoms with van der Waals surface area (Å²) >= 11 is 1.31. The third-order valence-electron chi connectivity index (χ3n) is 3.85.